The van der Waals surface area contributed by atoms with E-state index < -0.39 is 5.60 Å². The Morgan fingerprint density at radius 1 is 1.20 bits per heavy atom. The van der Waals surface area contributed by atoms with E-state index in [1.165, 1.54) is 5.56 Å². The highest BCUT2D eigenvalue weighted by atomic mass is 79.9. The molecule has 0 N–H and O–H groups in total. The molecule has 0 radical (unpaired) electrons. The molecule has 1 saturated heterocycles. The number of amides is 1. The van der Waals surface area contributed by atoms with Crippen LogP contribution in [0.15, 0.2) is 36.5 Å². The predicted molar refractivity (Wildman–Crippen MR) is 124 cm³/mol. The molecule has 2 heterocycles. The van der Waals surface area contributed by atoms with Gasteiger partial charge in [-0.2, -0.15) is 0 Å². The van der Waals surface area contributed by atoms with Gasteiger partial charge in [0, 0.05) is 47.4 Å². The lowest BCUT2D eigenvalue weighted by Gasteiger charge is -2.40. The molecule has 0 bridgehead atoms. The zero-order chi connectivity index (χ0) is 21.5. The molecule has 1 aromatic heterocycles. The third-order valence-corrected chi connectivity index (χ3v) is 6.20. The second kappa shape index (κ2) is 8.33. The second-order valence-electron chi connectivity index (χ2n) is 8.61. The number of rotatable bonds is 1. The number of hydrogen-bond acceptors (Lipinski definition) is 4. The van der Waals surface area contributed by atoms with E-state index >= 15 is 0 Å². The highest BCUT2D eigenvalue weighted by Crippen LogP contribution is 2.41. The molecule has 1 aliphatic heterocycles. The first kappa shape index (κ1) is 21.3. The minimum atomic E-state index is -0.492. The van der Waals surface area contributed by atoms with Crippen molar-refractivity contribution >= 4 is 44.2 Å². The van der Waals surface area contributed by atoms with E-state index in [0.717, 1.165) is 34.4 Å². The van der Waals surface area contributed by atoms with Crippen LogP contribution in [-0.4, -0.2) is 52.7 Å². The minimum absolute atomic E-state index is 0.0134. The van der Waals surface area contributed by atoms with Crippen molar-refractivity contribution in [1.29, 1.82) is 0 Å². The fourth-order valence-corrected chi connectivity index (χ4v) is 4.74. The van der Waals surface area contributed by atoms with E-state index in [0.29, 0.717) is 18.1 Å². The molecule has 1 atom stereocenters. The summed E-state index contributed by atoms with van der Waals surface area (Å²) in [7, 11) is 0. The summed E-state index contributed by atoms with van der Waals surface area (Å²) in [4.78, 5) is 21.4. The van der Waals surface area contributed by atoms with Crippen molar-refractivity contribution in [2.75, 3.05) is 26.2 Å². The van der Waals surface area contributed by atoms with Crippen molar-refractivity contribution < 1.29 is 9.53 Å². The molecule has 0 saturated carbocycles. The Morgan fingerprint density at radius 3 is 2.63 bits per heavy atom. The first-order valence-corrected chi connectivity index (χ1v) is 11.2. The van der Waals surface area contributed by atoms with Gasteiger partial charge in [0.05, 0.1) is 11.7 Å². The van der Waals surface area contributed by atoms with E-state index in [4.69, 9.17) is 21.3 Å². The standard InChI is InChI=1S/C23H25BrClN3O2/c1-23(2,3)30-22(29)28-11-9-27(10-12-28)21-17-7-6-16(25)13-15(17)14-19(24)18-5-4-8-26-20(18)21/h4-8,13-14,21H,9-12H2,1-3H3. The van der Waals surface area contributed by atoms with Crippen molar-refractivity contribution in [2.45, 2.75) is 32.4 Å². The zero-order valence-electron chi connectivity index (χ0n) is 17.4. The van der Waals surface area contributed by atoms with Crippen LogP contribution in [0.4, 0.5) is 4.79 Å². The molecule has 7 heteroatoms. The van der Waals surface area contributed by atoms with Gasteiger partial charge in [-0.1, -0.05) is 39.7 Å². The summed E-state index contributed by atoms with van der Waals surface area (Å²) in [5.41, 5.74) is 3.83. The minimum Gasteiger partial charge on any atom is -0.444 e. The van der Waals surface area contributed by atoms with Crippen LogP contribution in [0, 0.1) is 0 Å². The van der Waals surface area contributed by atoms with Crippen LogP contribution < -0.4 is 0 Å². The second-order valence-corrected chi connectivity index (χ2v) is 9.90. The molecule has 1 unspecified atom stereocenters. The van der Waals surface area contributed by atoms with Crippen LogP contribution in [-0.2, 0) is 4.74 Å². The molecule has 1 fully saturated rings. The van der Waals surface area contributed by atoms with Gasteiger partial charge in [-0.3, -0.25) is 9.88 Å². The molecular weight excluding hydrogens is 466 g/mol. The largest absolute Gasteiger partial charge is 0.444 e. The average Bonchev–Trinajstić information content (AvgIpc) is 2.80. The highest BCUT2D eigenvalue weighted by molar-refractivity contribution is 9.15. The maximum Gasteiger partial charge on any atom is 0.410 e. The average molecular weight is 491 g/mol. The lowest BCUT2D eigenvalue weighted by Crippen LogP contribution is -2.51. The van der Waals surface area contributed by atoms with Gasteiger partial charge in [0.2, 0.25) is 0 Å². The quantitative estimate of drug-likeness (QED) is 0.523. The number of pyridine rings is 1. The molecule has 1 amide bonds. The number of ether oxygens (including phenoxy) is 1. The van der Waals surface area contributed by atoms with Crippen LogP contribution in [0.2, 0.25) is 5.02 Å². The summed E-state index contributed by atoms with van der Waals surface area (Å²) < 4.78 is 6.53. The van der Waals surface area contributed by atoms with Crippen molar-refractivity contribution in [1.82, 2.24) is 14.8 Å². The fraction of sp³-hybridized carbons (Fsp3) is 0.391. The SMILES string of the molecule is CC(C)(C)OC(=O)N1CCN(C2c3ccc(Cl)cc3C=C(Br)c3cccnc32)CC1. The van der Waals surface area contributed by atoms with E-state index in [1.54, 1.807) is 4.90 Å². The van der Waals surface area contributed by atoms with Crippen LogP contribution in [0.25, 0.3) is 10.6 Å². The summed E-state index contributed by atoms with van der Waals surface area (Å²) in [5.74, 6) is 0. The van der Waals surface area contributed by atoms with Gasteiger partial charge in [0.15, 0.2) is 0 Å². The highest BCUT2D eigenvalue weighted by Gasteiger charge is 2.34. The third-order valence-electron chi connectivity index (χ3n) is 5.31. The number of carbonyl (C=O) groups excluding carboxylic acids is 1. The maximum atomic E-state index is 12.5. The first-order valence-electron chi connectivity index (χ1n) is 10.1. The smallest absolute Gasteiger partial charge is 0.410 e. The Balaban J connectivity index is 1.64. The molecule has 2 aliphatic rings. The fourth-order valence-electron chi connectivity index (χ4n) is 3.98. The van der Waals surface area contributed by atoms with Gasteiger partial charge < -0.3 is 9.64 Å². The summed E-state index contributed by atoms with van der Waals surface area (Å²) in [6.45, 7) is 8.38. The number of piperazine rings is 1. The normalized spacial score (nSPS) is 19.4. The molecule has 4 rings (SSSR count). The van der Waals surface area contributed by atoms with Gasteiger partial charge in [-0.25, -0.2) is 4.79 Å². The van der Waals surface area contributed by atoms with E-state index in [1.807, 2.05) is 45.2 Å². The zero-order valence-corrected chi connectivity index (χ0v) is 19.7. The van der Waals surface area contributed by atoms with Gasteiger partial charge in [0.1, 0.15) is 5.60 Å². The van der Waals surface area contributed by atoms with Crippen LogP contribution in [0.1, 0.15) is 49.2 Å². The number of carbonyl (C=O) groups is 1. The van der Waals surface area contributed by atoms with Gasteiger partial charge in [-0.15, -0.1) is 0 Å². The summed E-state index contributed by atoms with van der Waals surface area (Å²) in [5, 5.41) is 0.706. The van der Waals surface area contributed by atoms with Gasteiger partial charge >= 0.3 is 6.09 Å². The molecule has 5 nitrogen and oxygen atoms in total. The van der Waals surface area contributed by atoms with E-state index in [9.17, 15) is 4.79 Å². The number of benzene rings is 1. The first-order chi connectivity index (χ1) is 14.2. The Hall–Kier alpha value is -1.89. The molecule has 2 aromatic rings. The van der Waals surface area contributed by atoms with Crippen molar-refractivity contribution in [3.05, 3.63) is 63.9 Å². The molecular formula is C23H25BrClN3O2. The summed E-state index contributed by atoms with van der Waals surface area (Å²) in [6.07, 6.45) is 3.70. The van der Waals surface area contributed by atoms with Crippen molar-refractivity contribution in [3.8, 4) is 0 Å². The third kappa shape index (κ3) is 4.41. The molecule has 1 aliphatic carbocycles. The Labute approximate surface area is 190 Å². The van der Waals surface area contributed by atoms with Gasteiger partial charge in [0.25, 0.3) is 0 Å². The lowest BCUT2D eigenvalue weighted by atomic mass is 9.96. The number of aromatic nitrogens is 1. The summed E-state index contributed by atoms with van der Waals surface area (Å²) in [6, 6.07) is 10.0. The number of fused-ring (bicyclic) bond motifs is 2. The van der Waals surface area contributed by atoms with E-state index in [-0.39, 0.29) is 12.1 Å². The number of nitrogens with zero attached hydrogens (tertiary/aromatic N) is 3. The lowest BCUT2D eigenvalue weighted by molar-refractivity contribution is 0.0118. The van der Waals surface area contributed by atoms with Crippen molar-refractivity contribution in [2.24, 2.45) is 0 Å². The number of halogens is 2. The predicted octanol–water partition coefficient (Wildman–Crippen LogP) is 5.58. The van der Waals surface area contributed by atoms with Crippen LogP contribution in [0.3, 0.4) is 0 Å². The topological polar surface area (TPSA) is 45.7 Å². The van der Waals surface area contributed by atoms with Gasteiger partial charge in [-0.05, 0) is 56.2 Å². The van der Waals surface area contributed by atoms with Crippen LogP contribution >= 0.6 is 27.5 Å². The summed E-state index contributed by atoms with van der Waals surface area (Å²) >= 11 is 10.0. The number of hydrogen-bond donors (Lipinski definition) is 0. The maximum absolute atomic E-state index is 12.5. The monoisotopic (exact) mass is 489 g/mol. The Bertz CT molecular complexity index is 994. The Morgan fingerprint density at radius 2 is 1.93 bits per heavy atom. The molecule has 158 valence electrons. The Kier molecular flexibility index (Phi) is 5.93. The molecule has 1 aromatic carbocycles. The molecule has 0 spiro atoms. The molecule has 30 heavy (non-hydrogen) atoms. The van der Waals surface area contributed by atoms with Crippen molar-refractivity contribution in [3.63, 3.8) is 0 Å². The van der Waals surface area contributed by atoms with Crippen LogP contribution in [0.5, 0.6) is 0 Å². The van der Waals surface area contributed by atoms with E-state index in [2.05, 4.69) is 39.0 Å².